The Balaban J connectivity index is 2.18. The van der Waals surface area contributed by atoms with Crippen molar-refractivity contribution in [1.29, 1.82) is 0 Å². The molecule has 0 radical (unpaired) electrons. The van der Waals surface area contributed by atoms with Crippen LogP contribution in [0.3, 0.4) is 0 Å². The van der Waals surface area contributed by atoms with Crippen molar-refractivity contribution in [3.63, 3.8) is 0 Å². The first-order chi connectivity index (χ1) is 8.67. The van der Waals surface area contributed by atoms with E-state index in [1.54, 1.807) is 12.1 Å². The minimum absolute atomic E-state index is 0.0259. The topological polar surface area (TPSA) is 21.3 Å². The zero-order valence-electron chi connectivity index (χ0n) is 10.6. The standard InChI is InChI=1S/C14H19ClFNO/c1-2-17-9-14(6-7-18-10-14)8-11-12(15)4-3-5-13(11)16/h3-5,17H,2,6-10H2,1H3. The number of rotatable bonds is 5. The fourth-order valence-electron chi connectivity index (χ4n) is 2.46. The van der Waals surface area contributed by atoms with Crippen molar-refractivity contribution in [2.24, 2.45) is 5.41 Å². The molecule has 0 bridgehead atoms. The lowest BCUT2D eigenvalue weighted by atomic mass is 9.80. The summed E-state index contributed by atoms with van der Waals surface area (Å²) < 4.78 is 19.4. The summed E-state index contributed by atoms with van der Waals surface area (Å²) in [6.45, 7) is 5.24. The molecule has 1 aliphatic heterocycles. The van der Waals surface area contributed by atoms with Crippen LogP contribution in [-0.2, 0) is 11.2 Å². The average molecular weight is 272 g/mol. The molecular weight excluding hydrogens is 253 g/mol. The van der Waals surface area contributed by atoms with Crippen molar-refractivity contribution in [2.45, 2.75) is 19.8 Å². The third-order valence-corrected chi connectivity index (χ3v) is 3.90. The number of hydrogen-bond donors (Lipinski definition) is 1. The second kappa shape index (κ2) is 6.00. The van der Waals surface area contributed by atoms with Gasteiger partial charge in [-0.3, -0.25) is 0 Å². The Morgan fingerprint density at radius 3 is 2.94 bits per heavy atom. The number of nitrogens with one attached hydrogen (secondary N) is 1. The van der Waals surface area contributed by atoms with Crippen molar-refractivity contribution in [3.05, 3.63) is 34.6 Å². The minimum atomic E-state index is -0.217. The highest BCUT2D eigenvalue weighted by atomic mass is 35.5. The van der Waals surface area contributed by atoms with Crippen molar-refractivity contribution >= 4 is 11.6 Å². The van der Waals surface area contributed by atoms with Gasteiger partial charge < -0.3 is 10.1 Å². The molecule has 4 heteroatoms. The van der Waals surface area contributed by atoms with Gasteiger partial charge in [0, 0.05) is 29.2 Å². The molecule has 1 unspecified atom stereocenters. The Bertz CT molecular complexity index is 385. The van der Waals surface area contributed by atoms with Crippen molar-refractivity contribution in [2.75, 3.05) is 26.3 Å². The summed E-state index contributed by atoms with van der Waals surface area (Å²) in [7, 11) is 0. The Morgan fingerprint density at radius 2 is 2.33 bits per heavy atom. The van der Waals surface area contributed by atoms with E-state index in [2.05, 4.69) is 12.2 Å². The summed E-state index contributed by atoms with van der Waals surface area (Å²) in [5, 5.41) is 3.86. The van der Waals surface area contributed by atoms with E-state index >= 15 is 0 Å². The van der Waals surface area contributed by atoms with Gasteiger partial charge in [0.1, 0.15) is 5.82 Å². The molecule has 1 aliphatic rings. The largest absolute Gasteiger partial charge is 0.381 e. The van der Waals surface area contributed by atoms with Gasteiger partial charge in [0.15, 0.2) is 0 Å². The summed E-state index contributed by atoms with van der Waals surface area (Å²) in [4.78, 5) is 0. The predicted molar refractivity (Wildman–Crippen MR) is 71.5 cm³/mol. The van der Waals surface area contributed by atoms with Gasteiger partial charge in [-0.2, -0.15) is 0 Å². The van der Waals surface area contributed by atoms with Crippen LogP contribution in [0.1, 0.15) is 18.9 Å². The number of benzene rings is 1. The number of ether oxygens (including phenoxy) is 1. The molecule has 1 heterocycles. The molecule has 0 amide bonds. The molecule has 2 nitrogen and oxygen atoms in total. The predicted octanol–water partition coefficient (Wildman–Crippen LogP) is 3.04. The first kappa shape index (κ1) is 13.8. The lowest BCUT2D eigenvalue weighted by Gasteiger charge is -2.28. The van der Waals surface area contributed by atoms with Gasteiger partial charge in [0.25, 0.3) is 0 Å². The Kier molecular flexibility index (Phi) is 4.60. The van der Waals surface area contributed by atoms with Crippen molar-refractivity contribution in [1.82, 2.24) is 5.32 Å². The smallest absolute Gasteiger partial charge is 0.127 e. The molecule has 1 atom stereocenters. The van der Waals surface area contributed by atoms with Crippen LogP contribution in [0.15, 0.2) is 18.2 Å². The number of halogens is 2. The van der Waals surface area contributed by atoms with Gasteiger partial charge >= 0.3 is 0 Å². The van der Waals surface area contributed by atoms with Crippen LogP contribution >= 0.6 is 11.6 Å². The van der Waals surface area contributed by atoms with Crippen molar-refractivity contribution < 1.29 is 9.13 Å². The Hall–Kier alpha value is -0.640. The minimum Gasteiger partial charge on any atom is -0.381 e. The second-order valence-electron chi connectivity index (χ2n) is 4.96. The molecule has 100 valence electrons. The van der Waals surface area contributed by atoms with Crippen LogP contribution in [0.4, 0.5) is 4.39 Å². The zero-order chi connectivity index (χ0) is 13.0. The molecule has 1 aromatic rings. The van der Waals surface area contributed by atoms with Gasteiger partial charge in [-0.15, -0.1) is 0 Å². The summed E-state index contributed by atoms with van der Waals surface area (Å²) >= 11 is 6.10. The second-order valence-corrected chi connectivity index (χ2v) is 5.37. The van der Waals surface area contributed by atoms with E-state index in [1.165, 1.54) is 6.07 Å². The highest BCUT2D eigenvalue weighted by molar-refractivity contribution is 6.31. The molecule has 0 saturated carbocycles. The maximum Gasteiger partial charge on any atom is 0.127 e. The van der Waals surface area contributed by atoms with Gasteiger partial charge in [0.2, 0.25) is 0 Å². The van der Waals surface area contributed by atoms with Gasteiger partial charge in [-0.25, -0.2) is 4.39 Å². The Morgan fingerprint density at radius 1 is 1.50 bits per heavy atom. The van der Waals surface area contributed by atoms with Crippen LogP contribution in [0.25, 0.3) is 0 Å². The molecule has 1 fully saturated rings. The van der Waals surface area contributed by atoms with Crippen LogP contribution in [0.5, 0.6) is 0 Å². The molecule has 0 aliphatic carbocycles. The molecule has 0 spiro atoms. The normalized spacial score (nSPS) is 23.5. The van der Waals surface area contributed by atoms with Crippen LogP contribution < -0.4 is 5.32 Å². The van der Waals surface area contributed by atoms with E-state index in [-0.39, 0.29) is 11.2 Å². The highest BCUT2D eigenvalue weighted by Crippen LogP contribution is 2.35. The summed E-state index contributed by atoms with van der Waals surface area (Å²) in [5.41, 5.74) is 0.588. The molecule has 1 aromatic carbocycles. The van der Waals surface area contributed by atoms with E-state index in [9.17, 15) is 4.39 Å². The van der Waals surface area contributed by atoms with E-state index in [1.807, 2.05) is 0 Å². The molecule has 2 rings (SSSR count). The van der Waals surface area contributed by atoms with E-state index in [0.717, 1.165) is 26.1 Å². The number of hydrogen-bond acceptors (Lipinski definition) is 2. The maximum atomic E-state index is 13.9. The SMILES string of the molecule is CCNCC1(Cc2c(F)cccc2Cl)CCOC1. The molecule has 0 aromatic heterocycles. The lowest BCUT2D eigenvalue weighted by molar-refractivity contribution is 0.149. The van der Waals surface area contributed by atoms with Crippen LogP contribution in [0, 0.1) is 11.2 Å². The summed E-state index contributed by atoms with van der Waals surface area (Å²) in [6, 6.07) is 4.86. The third-order valence-electron chi connectivity index (χ3n) is 3.55. The quantitative estimate of drug-likeness (QED) is 0.889. The first-order valence-corrected chi connectivity index (χ1v) is 6.76. The molecular formula is C14H19ClFNO. The van der Waals surface area contributed by atoms with Gasteiger partial charge in [0.05, 0.1) is 6.61 Å². The van der Waals surface area contributed by atoms with Crippen molar-refractivity contribution in [3.8, 4) is 0 Å². The summed E-state index contributed by atoms with van der Waals surface area (Å²) in [5.74, 6) is -0.217. The van der Waals surface area contributed by atoms with Gasteiger partial charge in [-0.1, -0.05) is 24.6 Å². The zero-order valence-corrected chi connectivity index (χ0v) is 11.4. The Labute approximate surface area is 112 Å². The average Bonchev–Trinajstić information content (AvgIpc) is 2.81. The first-order valence-electron chi connectivity index (χ1n) is 6.38. The lowest BCUT2D eigenvalue weighted by Crippen LogP contribution is -2.37. The van der Waals surface area contributed by atoms with E-state index in [0.29, 0.717) is 23.6 Å². The maximum absolute atomic E-state index is 13.9. The molecule has 1 saturated heterocycles. The van der Waals surface area contributed by atoms with Gasteiger partial charge in [-0.05, 0) is 31.5 Å². The third kappa shape index (κ3) is 3.02. The molecule has 18 heavy (non-hydrogen) atoms. The van der Waals surface area contributed by atoms with Crippen LogP contribution in [0.2, 0.25) is 5.02 Å². The van der Waals surface area contributed by atoms with E-state index in [4.69, 9.17) is 16.3 Å². The highest BCUT2D eigenvalue weighted by Gasteiger charge is 2.35. The monoisotopic (exact) mass is 271 g/mol. The van der Waals surface area contributed by atoms with E-state index < -0.39 is 0 Å². The van der Waals surface area contributed by atoms with Crippen LogP contribution in [-0.4, -0.2) is 26.3 Å². The fourth-order valence-corrected chi connectivity index (χ4v) is 2.69. The summed E-state index contributed by atoms with van der Waals surface area (Å²) in [6.07, 6.45) is 1.58. The fraction of sp³-hybridized carbons (Fsp3) is 0.571. The molecule has 1 N–H and O–H groups in total.